The molecule has 0 unspecified atom stereocenters. The topological polar surface area (TPSA) is 78.7 Å². The van der Waals surface area contributed by atoms with Gasteiger partial charge in [0.05, 0.1) is 23.4 Å². The highest BCUT2D eigenvalue weighted by atomic mass is 35.5. The van der Waals surface area contributed by atoms with Crippen molar-refractivity contribution in [3.63, 3.8) is 0 Å². The Morgan fingerprint density at radius 1 is 0.938 bits per heavy atom. The molecule has 0 radical (unpaired) electrons. The normalized spacial score (nSPS) is 14.0. The summed E-state index contributed by atoms with van der Waals surface area (Å²) in [6.45, 7) is 3.57. The van der Waals surface area contributed by atoms with Crippen molar-refractivity contribution in [2.24, 2.45) is 0 Å². The molecule has 0 bridgehead atoms. The van der Waals surface area contributed by atoms with E-state index >= 15 is 0 Å². The molecule has 0 atom stereocenters. The van der Waals surface area contributed by atoms with Crippen molar-refractivity contribution in [1.29, 1.82) is 0 Å². The van der Waals surface area contributed by atoms with Crippen molar-refractivity contribution in [3.05, 3.63) is 81.1 Å². The van der Waals surface area contributed by atoms with Crippen LogP contribution in [0, 0.1) is 6.92 Å². The fourth-order valence-corrected chi connectivity index (χ4v) is 4.30. The van der Waals surface area contributed by atoms with E-state index in [1.807, 2.05) is 18.2 Å². The van der Waals surface area contributed by atoms with E-state index in [9.17, 15) is 14.7 Å². The Kier molecular flexibility index (Phi) is 6.39. The largest absolute Gasteiger partial charge is 0.507 e. The molecule has 1 N–H and O–H groups in total. The number of phenolic OH excluding ortho intramolecular Hbond substituents is 1. The van der Waals surface area contributed by atoms with Gasteiger partial charge in [-0.3, -0.25) is 9.59 Å². The molecule has 166 valence electrons. The summed E-state index contributed by atoms with van der Waals surface area (Å²) < 4.78 is 1.57. The van der Waals surface area contributed by atoms with Gasteiger partial charge in [0.1, 0.15) is 10.9 Å². The number of carbonyl (C=O) groups is 2. The zero-order valence-electron chi connectivity index (χ0n) is 17.5. The number of rotatable bonds is 4. The molecule has 1 aromatic heterocycles. The molecule has 2 heterocycles. The standard InChI is InChI=1S/C23H22Cl2N4O3/c1-15-20(21(25)29(26-15)14-16-6-2-4-8-18(16)24)23(32)28-12-10-27(11-13-28)22(31)17-7-3-5-9-19(17)30/h2-9,30H,10-14H2,1H3. The van der Waals surface area contributed by atoms with Crippen LogP contribution >= 0.6 is 23.2 Å². The van der Waals surface area contributed by atoms with Gasteiger partial charge in [-0.05, 0) is 30.7 Å². The van der Waals surface area contributed by atoms with Crippen LogP contribution in [0.15, 0.2) is 48.5 Å². The Hall–Kier alpha value is -3.03. The van der Waals surface area contributed by atoms with E-state index in [0.29, 0.717) is 49.0 Å². The molecule has 2 amide bonds. The number of amides is 2. The zero-order chi connectivity index (χ0) is 22.8. The summed E-state index contributed by atoms with van der Waals surface area (Å²) in [5, 5.41) is 15.3. The zero-order valence-corrected chi connectivity index (χ0v) is 19.0. The summed E-state index contributed by atoms with van der Waals surface area (Å²) in [7, 11) is 0. The van der Waals surface area contributed by atoms with Crippen LogP contribution in [-0.4, -0.2) is 62.7 Å². The molecule has 9 heteroatoms. The van der Waals surface area contributed by atoms with E-state index < -0.39 is 0 Å². The minimum atomic E-state index is -0.253. The highest BCUT2D eigenvalue weighted by molar-refractivity contribution is 6.33. The van der Waals surface area contributed by atoms with E-state index in [0.717, 1.165) is 5.56 Å². The maximum Gasteiger partial charge on any atom is 0.259 e. The lowest BCUT2D eigenvalue weighted by atomic mass is 10.1. The van der Waals surface area contributed by atoms with E-state index in [4.69, 9.17) is 23.2 Å². The van der Waals surface area contributed by atoms with Gasteiger partial charge >= 0.3 is 0 Å². The van der Waals surface area contributed by atoms with Crippen molar-refractivity contribution in [2.75, 3.05) is 26.2 Å². The number of halogens is 2. The van der Waals surface area contributed by atoms with Gasteiger partial charge in [-0.2, -0.15) is 5.10 Å². The number of aromatic hydroxyl groups is 1. The molecule has 2 aromatic carbocycles. The minimum Gasteiger partial charge on any atom is -0.507 e. The average Bonchev–Trinajstić information content (AvgIpc) is 3.07. The number of piperazine rings is 1. The van der Waals surface area contributed by atoms with Crippen molar-refractivity contribution in [2.45, 2.75) is 13.5 Å². The maximum absolute atomic E-state index is 13.2. The minimum absolute atomic E-state index is 0.0515. The van der Waals surface area contributed by atoms with E-state index in [1.54, 1.807) is 45.7 Å². The summed E-state index contributed by atoms with van der Waals surface area (Å²) in [5.41, 5.74) is 2.01. The molecule has 1 fully saturated rings. The third-order valence-electron chi connectivity index (χ3n) is 5.55. The van der Waals surface area contributed by atoms with Crippen LogP contribution in [0.3, 0.4) is 0 Å². The van der Waals surface area contributed by atoms with Gasteiger partial charge in [-0.15, -0.1) is 0 Å². The summed E-state index contributed by atoms with van der Waals surface area (Å²) in [4.78, 5) is 29.2. The number of para-hydroxylation sites is 1. The molecule has 1 saturated heterocycles. The number of hydrogen-bond donors (Lipinski definition) is 1. The Morgan fingerprint density at radius 2 is 1.53 bits per heavy atom. The van der Waals surface area contributed by atoms with Crippen LogP contribution in [0.5, 0.6) is 5.75 Å². The molecule has 1 aliphatic rings. The smallest absolute Gasteiger partial charge is 0.259 e. The molecular weight excluding hydrogens is 451 g/mol. The van der Waals surface area contributed by atoms with Gasteiger partial charge in [0.25, 0.3) is 11.8 Å². The second kappa shape index (κ2) is 9.22. The van der Waals surface area contributed by atoms with Gasteiger partial charge < -0.3 is 14.9 Å². The highest BCUT2D eigenvalue weighted by Crippen LogP contribution is 2.25. The lowest BCUT2D eigenvalue weighted by Gasteiger charge is -2.34. The second-order valence-electron chi connectivity index (χ2n) is 7.60. The first-order valence-corrected chi connectivity index (χ1v) is 10.9. The summed E-state index contributed by atoms with van der Waals surface area (Å²) >= 11 is 12.8. The number of aryl methyl sites for hydroxylation is 1. The summed E-state index contributed by atoms with van der Waals surface area (Å²) in [5.74, 6) is -0.520. The molecule has 0 saturated carbocycles. The number of nitrogens with zero attached hydrogens (tertiary/aromatic N) is 4. The van der Waals surface area contributed by atoms with Crippen LogP contribution < -0.4 is 0 Å². The predicted molar refractivity (Wildman–Crippen MR) is 122 cm³/mol. The number of benzene rings is 2. The van der Waals surface area contributed by atoms with Crippen molar-refractivity contribution < 1.29 is 14.7 Å². The first-order valence-electron chi connectivity index (χ1n) is 10.2. The highest BCUT2D eigenvalue weighted by Gasteiger charge is 2.30. The first kappa shape index (κ1) is 22.2. The molecule has 7 nitrogen and oxygen atoms in total. The van der Waals surface area contributed by atoms with Gasteiger partial charge in [0.2, 0.25) is 0 Å². The predicted octanol–water partition coefficient (Wildman–Crippen LogP) is 3.85. The Morgan fingerprint density at radius 3 is 2.19 bits per heavy atom. The van der Waals surface area contributed by atoms with Gasteiger partial charge in [0, 0.05) is 31.2 Å². The maximum atomic E-state index is 13.2. The number of carbonyl (C=O) groups excluding carboxylic acids is 2. The lowest BCUT2D eigenvalue weighted by molar-refractivity contribution is 0.0533. The lowest BCUT2D eigenvalue weighted by Crippen LogP contribution is -2.50. The summed E-state index contributed by atoms with van der Waals surface area (Å²) in [6.07, 6.45) is 0. The third kappa shape index (κ3) is 4.31. The average molecular weight is 473 g/mol. The Bertz CT molecular complexity index is 1170. The number of aromatic nitrogens is 2. The number of hydrogen-bond acceptors (Lipinski definition) is 4. The fourth-order valence-electron chi connectivity index (χ4n) is 3.78. The molecule has 0 spiro atoms. The first-order chi connectivity index (χ1) is 15.4. The van der Waals surface area contributed by atoms with Crippen LogP contribution in [0.1, 0.15) is 32.0 Å². The van der Waals surface area contributed by atoms with Gasteiger partial charge in [-0.1, -0.05) is 53.5 Å². The van der Waals surface area contributed by atoms with Crippen molar-refractivity contribution >= 4 is 35.0 Å². The second-order valence-corrected chi connectivity index (χ2v) is 8.37. The quantitative estimate of drug-likeness (QED) is 0.625. The van der Waals surface area contributed by atoms with Crippen molar-refractivity contribution in [3.8, 4) is 5.75 Å². The molecule has 1 aliphatic heterocycles. The van der Waals surface area contributed by atoms with Gasteiger partial charge in [-0.25, -0.2) is 4.68 Å². The van der Waals surface area contributed by atoms with E-state index in [2.05, 4.69) is 5.10 Å². The van der Waals surface area contributed by atoms with Gasteiger partial charge in [0.15, 0.2) is 0 Å². The summed E-state index contributed by atoms with van der Waals surface area (Å²) in [6, 6.07) is 13.9. The van der Waals surface area contributed by atoms with E-state index in [1.165, 1.54) is 6.07 Å². The van der Waals surface area contributed by atoms with Crippen LogP contribution in [0.25, 0.3) is 0 Å². The van der Waals surface area contributed by atoms with Crippen LogP contribution in [0.2, 0.25) is 10.2 Å². The van der Waals surface area contributed by atoms with Crippen LogP contribution in [0.4, 0.5) is 0 Å². The Labute approximate surface area is 195 Å². The van der Waals surface area contributed by atoms with E-state index in [-0.39, 0.29) is 28.3 Å². The molecule has 32 heavy (non-hydrogen) atoms. The molecule has 0 aliphatic carbocycles. The SMILES string of the molecule is Cc1nn(Cc2ccccc2Cl)c(Cl)c1C(=O)N1CCN(C(=O)c2ccccc2O)CC1. The number of phenols is 1. The molecule has 4 rings (SSSR count). The van der Waals surface area contributed by atoms with Crippen molar-refractivity contribution in [1.82, 2.24) is 19.6 Å². The molecular formula is C23H22Cl2N4O3. The third-order valence-corrected chi connectivity index (χ3v) is 6.30. The fraction of sp³-hybridized carbons (Fsp3) is 0.261. The monoisotopic (exact) mass is 472 g/mol. The van der Waals surface area contributed by atoms with Crippen LogP contribution in [-0.2, 0) is 6.54 Å². The molecule has 3 aromatic rings. The Balaban J connectivity index is 1.46.